The molecule has 0 radical (unpaired) electrons. The highest BCUT2D eigenvalue weighted by molar-refractivity contribution is 9.10. The molecule has 21 heavy (non-hydrogen) atoms. The van der Waals surface area contributed by atoms with Crippen LogP contribution < -0.4 is 0 Å². The Morgan fingerprint density at radius 1 is 1.38 bits per heavy atom. The van der Waals surface area contributed by atoms with Crippen LogP contribution in [-0.2, 0) is 6.54 Å². The zero-order valence-corrected chi connectivity index (χ0v) is 15.2. The number of hydrogen-bond acceptors (Lipinski definition) is 3. The minimum atomic E-state index is -0.119. The fraction of sp³-hybridized carbons (Fsp3) is 0.600. The summed E-state index contributed by atoms with van der Waals surface area (Å²) in [5.41, 5.74) is 1.81. The van der Waals surface area contributed by atoms with Gasteiger partial charge in [-0.05, 0) is 55.0 Å². The van der Waals surface area contributed by atoms with Gasteiger partial charge in [-0.1, -0.05) is 13.8 Å². The number of imidazole rings is 1. The molecule has 0 aliphatic carbocycles. The van der Waals surface area contributed by atoms with Crippen molar-refractivity contribution >= 4 is 38.7 Å². The van der Waals surface area contributed by atoms with Crippen molar-refractivity contribution in [2.45, 2.75) is 39.1 Å². The third kappa shape index (κ3) is 3.96. The molecule has 0 N–H and O–H groups in total. The molecule has 0 saturated carbocycles. The van der Waals surface area contributed by atoms with Gasteiger partial charge in [0.15, 0.2) is 5.65 Å². The third-order valence-electron chi connectivity index (χ3n) is 3.69. The first-order chi connectivity index (χ1) is 10.1. The molecule has 0 aliphatic rings. The van der Waals surface area contributed by atoms with Gasteiger partial charge in [0.2, 0.25) is 0 Å². The fourth-order valence-electron chi connectivity index (χ4n) is 2.52. The van der Waals surface area contributed by atoms with Crippen LogP contribution in [0.2, 0.25) is 0 Å². The Balaban J connectivity index is 2.22. The SMILES string of the molecule is CCN(CC)CCCn1c(C(C)Cl)nc2cc(Br)cnc21. The molecule has 1 unspecified atom stereocenters. The molecule has 2 heterocycles. The quantitative estimate of drug-likeness (QED) is 0.681. The molecule has 0 amide bonds. The van der Waals surface area contributed by atoms with Crippen molar-refractivity contribution in [3.8, 4) is 0 Å². The molecule has 6 heteroatoms. The highest BCUT2D eigenvalue weighted by Gasteiger charge is 2.16. The predicted octanol–water partition coefficient (Wildman–Crippen LogP) is 4.23. The molecular weight excluding hydrogens is 352 g/mol. The molecule has 2 aromatic heterocycles. The Bertz CT molecular complexity index is 593. The van der Waals surface area contributed by atoms with Crippen molar-refractivity contribution in [1.82, 2.24) is 19.4 Å². The van der Waals surface area contributed by atoms with Crippen LogP contribution in [0.3, 0.4) is 0 Å². The smallest absolute Gasteiger partial charge is 0.160 e. The van der Waals surface area contributed by atoms with Crippen LogP contribution in [0.15, 0.2) is 16.7 Å². The van der Waals surface area contributed by atoms with Crippen LogP contribution in [0.4, 0.5) is 0 Å². The van der Waals surface area contributed by atoms with Gasteiger partial charge in [0.25, 0.3) is 0 Å². The second kappa shape index (κ2) is 7.56. The monoisotopic (exact) mass is 372 g/mol. The van der Waals surface area contributed by atoms with Crippen LogP contribution in [0, 0.1) is 0 Å². The highest BCUT2D eigenvalue weighted by atomic mass is 79.9. The second-order valence-electron chi connectivity index (χ2n) is 5.11. The Morgan fingerprint density at radius 2 is 2.10 bits per heavy atom. The van der Waals surface area contributed by atoms with Crippen molar-refractivity contribution < 1.29 is 0 Å². The summed E-state index contributed by atoms with van der Waals surface area (Å²) in [5, 5.41) is -0.119. The molecule has 2 rings (SSSR count). The van der Waals surface area contributed by atoms with Crippen molar-refractivity contribution in [2.75, 3.05) is 19.6 Å². The lowest BCUT2D eigenvalue weighted by atomic mass is 10.3. The van der Waals surface area contributed by atoms with Gasteiger partial charge in [-0.2, -0.15) is 0 Å². The number of aromatic nitrogens is 3. The molecule has 116 valence electrons. The van der Waals surface area contributed by atoms with Gasteiger partial charge in [-0.25, -0.2) is 9.97 Å². The van der Waals surface area contributed by atoms with E-state index >= 15 is 0 Å². The van der Waals surface area contributed by atoms with Crippen LogP contribution in [0.1, 0.15) is 38.4 Å². The molecule has 0 fully saturated rings. The topological polar surface area (TPSA) is 34.0 Å². The van der Waals surface area contributed by atoms with E-state index in [9.17, 15) is 0 Å². The van der Waals surface area contributed by atoms with E-state index in [0.717, 1.165) is 54.1 Å². The van der Waals surface area contributed by atoms with E-state index in [2.05, 4.69) is 49.2 Å². The van der Waals surface area contributed by atoms with Crippen LogP contribution in [-0.4, -0.2) is 39.1 Å². The van der Waals surface area contributed by atoms with E-state index < -0.39 is 0 Å². The molecule has 4 nitrogen and oxygen atoms in total. The van der Waals surface area contributed by atoms with E-state index in [1.54, 1.807) is 0 Å². The normalized spacial score (nSPS) is 13.2. The molecule has 0 aromatic carbocycles. The van der Waals surface area contributed by atoms with Gasteiger partial charge in [0.05, 0.1) is 5.38 Å². The predicted molar refractivity (Wildman–Crippen MR) is 91.9 cm³/mol. The van der Waals surface area contributed by atoms with E-state index in [-0.39, 0.29) is 5.38 Å². The van der Waals surface area contributed by atoms with Crippen molar-refractivity contribution in [2.24, 2.45) is 0 Å². The molecule has 2 aromatic rings. The summed E-state index contributed by atoms with van der Waals surface area (Å²) in [6, 6.07) is 1.99. The molecular formula is C15H22BrClN4. The van der Waals surface area contributed by atoms with Gasteiger partial charge >= 0.3 is 0 Å². The highest BCUT2D eigenvalue weighted by Crippen LogP contribution is 2.25. The minimum Gasteiger partial charge on any atom is -0.311 e. The molecule has 1 atom stereocenters. The third-order valence-corrected chi connectivity index (χ3v) is 4.32. The summed E-state index contributed by atoms with van der Waals surface area (Å²) in [6.45, 7) is 10.5. The van der Waals surface area contributed by atoms with Crippen LogP contribution in [0.25, 0.3) is 11.2 Å². The lowest BCUT2D eigenvalue weighted by Gasteiger charge is -2.18. The number of alkyl halides is 1. The summed E-state index contributed by atoms with van der Waals surface area (Å²) >= 11 is 9.72. The average Bonchev–Trinajstić information content (AvgIpc) is 2.81. The second-order valence-corrected chi connectivity index (χ2v) is 6.68. The van der Waals surface area contributed by atoms with Crippen molar-refractivity contribution in [1.29, 1.82) is 0 Å². The Morgan fingerprint density at radius 3 is 2.71 bits per heavy atom. The van der Waals surface area contributed by atoms with Gasteiger partial charge in [0, 0.05) is 17.2 Å². The zero-order valence-electron chi connectivity index (χ0n) is 12.8. The maximum Gasteiger partial charge on any atom is 0.160 e. The number of halogens is 2. The minimum absolute atomic E-state index is 0.119. The van der Waals surface area contributed by atoms with Crippen LogP contribution >= 0.6 is 27.5 Å². The van der Waals surface area contributed by atoms with Gasteiger partial charge in [-0.15, -0.1) is 11.6 Å². The van der Waals surface area contributed by atoms with Gasteiger partial charge < -0.3 is 9.47 Å². The molecule has 0 bridgehead atoms. The Hall–Kier alpha value is -0.650. The van der Waals surface area contributed by atoms with Gasteiger partial charge in [-0.3, -0.25) is 0 Å². The van der Waals surface area contributed by atoms with E-state index in [1.165, 1.54) is 0 Å². The largest absolute Gasteiger partial charge is 0.311 e. The standard InChI is InChI=1S/C15H22BrClN4/c1-4-20(5-2)7-6-8-21-14(11(3)17)19-13-9-12(16)10-18-15(13)21/h9-11H,4-8H2,1-3H3. The van der Waals surface area contributed by atoms with E-state index in [4.69, 9.17) is 11.6 Å². The molecule has 0 spiro atoms. The Labute approximate surface area is 139 Å². The first-order valence-electron chi connectivity index (χ1n) is 7.44. The lowest BCUT2D eigenvalue weighted by molar-refractivity contribution is 0.293. The van der Waals surface area contributed by atoms with Crippen LogP contribution in [0.5, 0.6) is 0 Å². The number of rotatable bonds is 7. The number of hydrogen-bond donors (Lipinski definition) is 0. The van der Waals surface area contributed by atoms with E-state index in [0.29, 0.717) is 0 Å². The average molecular weight is 374 g/mol. The van der Waals surface area contributed by atoms with Crippen molar-refractivity contribution in [3.63, 3.8) is 0 Å². The molecule has 0 saturated heterocycles. The number of nitrogens with zero attached hydrogens (tertiary/aromatic N) is 4. The molecule has 0 aliphatic heterocycles. The first-order valence-corrected chi connectivity index (χ1v) is 8.67. The number of fused-ring (bicyclic) bond motifs is 1. The number of aryl methyl sites for hydroxylation is 1. The summed E-state index contributed by atoms with van der Waals surface area (Å²) < 4.78 is 3.10. The van der Waals surface area contributed by atoms with E-state index in [1.807, 2.05) is 19.2 Å². The Kier molecular flexibility index (Phi) is 6.02. The fourth-order valence-corrected chi connectivity index (χ4v) is 3.01. The van der Waals surface area contributed by atoms with Crippen molar-refractivity contribution in [3.05, 3.63) is 22.6 Å². The summed E-state index contributed by atoms with van der Waals surface area (Å²) in [5.74, 6) is 0.900. The maximum atomic E-state index is 6.28. The maximum absolute atomic E-state index is 6.28. The van der Waals surface area contributed by atoms with Gasteiger partial charge in [0.1, 0.15) is 11.3 Å². The summed E-state index contributed by atoms with van der Waals surface area (Å²) in [7, 11) is 0. The number of pyridine rings is 1. The zero-order chi connectivity index (χ0) is 15.4. The summed E-state index contributed by atoms with van der Waals surface area (Å²) in [6.07, 6.45) is 2.88. The summed E-state index contributed by atoms with van der Waals surface area (Å²) in [4.78, 5) is 11.6. The lowest BCUT2D eigenvalue weighted by Crippen LogP contribution is -2.25. The first kappa shape index (κ1) is 16.7.